The van der Waals surface area contributed by atoms with Gasteiger partial charge in [-0.05, 0) is 108 Å². The number of nitrogens with one attached hydrogen (secondary N) is 9. The van der Waals surface area contributed by atoms with Crippen molar-refractivity contribution in [3.8, 4) is 11.1 Å². The van der Waals surface area contributed by atoms with Gasteiger partial charge in [-0.2, -0.15) is 0 Å². The van der Waals surface area contributed by atoms with E-state index in [4.69, 9.17) is 34.2 Å². The highest BCUT2D eigenvalue weighted by molar-refractivity contribution is 5.95. The van der Waals surface area contributed by atoms with Gasteiger partial charge in [0.05, 0.1) is 26.6 Å². The van der Waals surface area contributed by atoms with Crippen LogP contribution in [0, 0.1) is 5.92 Å². The first kappa shape index (κ1) is 72.0. The van der Waals surface area contributed by atoms with Crippen LogP contribution >= 0.6 is 0 Å². The SMILES string of the molecule is COC(=O)[C@H](CCCCNC(=O)OC(C)(C)C)NC(=O)[C@H](CC(=O)O[C@H](C)[C@H](NC(=O)OCc1ccccc1)C(=O)NC[C@H](NC(=O)OC(C)(C)C)C(=O)N[C@@H](CC(C)C)C(=O)NCC(=O)NCC(N)=O)NC(=O)OCC1c2ccccc2-c2ccccc21. The number of rotatable bonds is 31. The van der Waals surface area contributed by atoms with E-state index in [0.717, 1.165) is 29.4 Å². The first-order valence-electron chi connectivity index (χ1n) is 29.0. The number of amides is 10. The molecule has 0 bridgehead atoms. The van der Waals surface area contributed by atoms with Gasteiger partial charge in [0.15, 0.2) is 0 Å². The summed E-state index contributed by atoms with van der Waals surface area (Å²) >= 11 is 0. The predicted octanol–water partition coefficient (Wildman–Crippen LogP) is 3.12. The molecule has 0 fully saturated rings. The van der Waals surface area contributed by atoms with E-state index in [1.54, 1.807) is 85.7 Å². The van der Waals surface area contributed by atoms with Crippen molar-refractivity contribution in [3.05, 3.63) is 95.6 Å². The monoisotopic (exact) mass is 1240 g/mol. The molecular formula is C61H84N10O18. The summed E-state index contributed by atoms with van der Waals surface area (Å²) in [5.41, 5.74) is 7.44. The molecule has 3 aromatic carbocycles. The van der Waals surface area contributed by atoms with Crippen LogP contribution < -0.4 is 53.6 Å². The Morgan fingerprint density at radius 3 is 1.71 bits per heavy atom. The van der Waals surface area contributed by atoms with Crippen molar-refractivity contribution in [1.29, 1.82) is 0 Å². The summed E-state index contributed by atoms with van der Waals surface area (Å²) in [7, 11) is 1.09. The summed E-state index contributed by atoms with van der Waals surface area (Å²) in [6.45, 7) is 12.2. The second-order valence-electron chi connectivity index (χ2n) is 23.2. The molecule has 10 amide bonds. The molecule has 28 heteroatoms. The number of fused-ring (bicyclic) bond motifs is 3. The topological polar surface area (TPSA) is 395 Å². The van der Waals surface area contributed by atoms with Gasteiger partial charge in [-0.1, -0.05) is 92.7 Å². The molecule has 0 spiro atoms. The van der Waals surface area contributed by atoms with Crippen LogP contribution in [-0.4, -0.2) is 159 Å². The van der Waals surface area contributed by atoms with E-state index >= 15 is 0 Å². The summed E-state index contributed by atoms with van der Waals surface area (Å²) in [5, 5.41) is 21.8. The second kappa shape index (κ2) is 34.7. The van der Waals surface area contributed by atoms with Crippen LogP contribution in [0.2, 0.25) is 0 Å². The third-order valence-electron chi connectivity index (χ3n) is 13.0. The quantitative estimate of drug-likeness (QED) is 0.0251. The van der Waals surface area contributed by atoms with E-state index in [-0.39, 0.29) is 44.9 Å². The average Bonchev–Trinajstić information content (AvgIpc) is 1.78. The van der Waals surface area contributed by atoms with Gasteiger partial charge < -0.3 is 82.0 Å². The van der Waals surface area contributed by atoms with Gasteiger partial charge >= 0.3 is 36.3 Å². The third-order valence-corrected chi connectivity index (χ3v) is 13.0. The lowest BCUT2D eigenvalue weighted by atomic mass is 9.98. The van der Waals surface area contributed by atoms with Gasteiger partial charge in [-0.25, -0.2) is 24.0 Å². The first-order valence-corrected chi connectivity index (χ1v) is 29.0. The molecule has 0 aliphatic heterocycles. The highest BCUT2D eigenvalue weighted by Crippen LogP contribution is 2.44. The number of hydrogen-bond donors (Lipinski definition) is 10. The zero-order chi connectivity index (χ0) is 66.0. The van der Waals surface area contributed by atoms with E-state index in [2.05, 4.69) is 47.9 Å². The molecule has 28 nitrogen and oxygen atoms in total. The number of carbonyl (C=O) groups excluding carboxylic acids is 12. The molecule has 0 heterocycles. The molecule has 0 unspecified atom stereocenters. The van der Waals surface area contributed by atoms with Crippen molar-refractivity contribution >= 4 is 71.8 Å². The van der Waals surface area contributed by atoms with E-state index < -0.39 is 151 Å². The number of ether oxygens (including phenoxy) is 6. The molecule has 0 saturated heterocycles. The maximum absolute atomic E-state index is 14.4. The lowest BCUT2D eigenvalue weighted by Gasteiger charge is -2.28. The molecule has 89 heavy (non-hydrogen) atoms. The molecule has 0 aromatic heterocycles. The minimum Gasteiger partial charge on any atom is -0.467 e. The van der Waals surface area contributed by atoms with E-state index in [9.17, 15) is 57.5 Å². The van der Waals surface area contributed by atoms with Gasteiger partial charge in [-0.15, -0.1) is 0 Å². The molecule has 11 N–H and O–H groups in total. The lowest BCUT2D eigenvalue weighted by Crippen LogP contribution is -2.60. The number of nitrogens with two attached hydrogens (primary N) is 1. The van der Waals surface area contributed by atoms with Crippen LogP contribution in [0.25, 0.3) is 11.1 Å². The Labute approximate surface area is 516 Å². The Hall–Kier alpha value is -9.50. The highest BCUT2D eigenvalue weighted by atomic mass is 16.6. The molecule has 486 valence electrons. The highest BCUT2D eigenvalue weighted by Gasteiger charge is 2.37. The van der Waals surface area contributed by atoms with Gasteiger partial charge in [0.2, 0.25) is 35.4 Å². The van der Waals surface area contributed by atoms with Crippen molar-refractivity contribution in [2.75, 3.05) is 39.9 Å². The predicted molar refractivity (Wildman–Crippen MR) is 321 cm³/mol. The summed E-state index contributed by atoms with van der Waals surface area (Å²) in [4.78, 5) is 160. The van der Waals surface area contributed by atoms with Gasteiger partial charge in [-0.3, -0.25) is 33.6 Å². The summed E-state index contributed by atoms with van der Waals surface area (Å²) < 4.78 is 32.4. The Morgan fingerprint density at radius 2 is 1.11 bits per heavy atom. The first-order chi connectivity index (χ1) is 41.9. The smallest absolute Gasteiger partial charge is 0.408 e. The molecule has 1 aliphatic carbocycles. The molecular weight excluding hydrogens is 1160 g/mol. The van der Waals surface area contributed by atoms with Gasteiger partial charge in [0, 0.05) is 19.0 Å². The van der Waals surface area contributed by atoms with Crippen LogP contribution in [0.3, 0.4) is 0 Å². The second-order valence-corrected chi connectivity index (χ2v) is 23.2. The summed E-state index contributed by atoms with van der Waals surface area (Å²) in [6.07, 6.45) is -6.17. The Balaban J connectivity index is 1.61. The van der Waals surface area contributed by atoms with E-state index in [1.807, 2.05) is 48.5 Å². The molecule has 6 atom stereocenters. The number of primary amides is 1. The fourth-order valence-corrected chi connectivity index (χ4v) is 8.90. The Morgan fingerprint density at radius 1 is 0.551 bits per heavy atom. The van der Waals surface area contributed by atoms with Crippen molar-refractivity contribution < 1.29 is 86.0 Å². The minimum atomic E-state index is -1.87. The Bertz CT molecular complexity index is 2920. The number of hydrogen-bond acceptors (Lipinski definition) is 18. The van der Waals surface area contributed by atoms with E-state index in [0.29, 0.717) is 12.0 Å². The van der Waals surface area contributed by atoms with Crippen LogP contribution in [0.4, 0.5) is 19.2 Å². The molecule has 0 radical (unpaired) electrons. The summed E-state index contributed by atoms with van der Waals surface area (Å²) in [5.74, 6) is -8.40. The zero-order valence-corrected chi connectivity index (χ0v) is 51.8. The summed E-state index contributed by atoms with van der Waals surface area (Å²) in [6, 6.07) is 15.5. The van der Waals surface area contributed by atoms with Gasteiger partial charge in [0.1, 0.15) is 60.7 Å². The van der Waals surface area contributed by atoms with Crippen LogP contribution in [0.5, 0.6) is 0 Å². The van der Waals surface area contributed by atoms with Crippen LogP contribution in [0.15, 0.2) is 78.9 Å². The molecule has 3 aromatic rings. The molecule has 1 aliphatic rings. The zero-order valence-electron chi connectivity index (χ0n) is 51.8. The number of methoxy groups -OCH3 is 1. The number of alkyl carbamates (subject to hydrolysis) is 4. The van der Waals surface area contributed by atoms with Crippen molar-refractivity contribution in [2.24, 2.45) is 11.7 Å². The maximum Gasteiger partial charge on any atom is 0.408 e. The van der Waals surface area contributed by atoms with Crippen LogP contribution in [0.1, 0.15) is 117 Å². The normalized spacial score (nSPS) is 13.7. The average molecular weight is 1250 g/mol. The van der Waals surface area contributed by atoms with Crippen molar-refractivity contribution in [1.82, 2.24) is 47.9 Å². The maximum atomic E-state index is 14.4. The lowest BCUT2D eigenvalue weighted by molar-refractivity contribution is -0.153. The number of unbranched alkanes of at least 4 members (excludes halogenated alkanes) is 1. The fourth-order valence-electron chi connectivity index (χ4n) is 8.90. The van der Waals surface area contributed by atoms with E-state index in [1.165, 1.54) is 6.92 Å². The number of carbonyl (C=O) groups is 12. The van der Waals surface area contributed by atoms with Crippen LogP contribution in [-0.2, 0) is 73.4 Å². The molecule has 4 rings (SSSR count). The minimum absolute atomic E-state index is 0.0121. The molecule has 0 saturated carbocycles. The number of benzene rings is 3. The largest absolute Gasteiger partial charge is 0.467 e. The third kappa shape index (κ3) is 25.8. The van der Waals surface area contributed by atoms with Crippen molar-refractivity contribution in [3.63, 3.8) is 0 Å². The number of esters is 2. The Kier molecular flexibility index (Phi) is 28.1. The van der Waals surface area contributed by atoms with Gasteiger partial charge in [0.25, 0.3) is 0 Å². The standard InChI is InChI=1S/C61H84N10O18/c1-35(2)28-44(51(75)66-32-48(73)64-31-47(62)72)68-53(77)46(70-59(83)89-61(7,8)9)30-65-54(78)50(71-58(82)85-33-37-20-12-11-13-21-37)36(3)87-49(74)29-45(52(76)67-43(55(79)84-10)26-18-19-27-63-56(80)88-60(4,5)6)69-57(81)86-34-42-40-24-16-14-22-38(40)39-23-15-17-25-41(39)42/h11-17,20-25,35-36,42-46,50H,18-19,26-34H2,1-10H3,(H2,62,72)(H,63,80)(H,64,73)(H,65,78)(H,66,75)(H,67,76)(H,68,77)(H,69,81)(H,70,83)(H,71,82)/t36-,43+,44+,45+,46+,50+/m1/s1. The fraction of sp³-hybridized carbons (Fsp3) is 0.508. The van der Waals surface area contributed by atoms with Crippen molar-refractivity contribution in [2.45, 2.75) is 154 Å².